The summed E-state index contributed by atoms with van der Waals surface area (Å²) in [7, 11) is 0. The van der Waals surface area contributed by atoms with Crippen LogP contribution in [0.25, 0.3) is 0 Å². The number of carbonyl (C=O) groups is 1. The Balaban J connectivity index is 1.51. The number of carbonyl (C=O) groups excluding carboxylic acids is 1. The zero-order valence-electron chi connectivity index (χ0n) is 17.3. The zero-order valence-corrected chi connectivity index (χ0v) is 17.3. The van der Waals surface area contributed by atoms with Gasteiger partial charge in [-0.25, -0.2) is 0 Å². The van der Waals surface area contributed by atoms with Crippen molar-refractivity contribution in [3.63, 3.8) is 0 Å². The van der Waals surface area contributed by atoms with Gasteiger partial charge >= 0.3 is 0 Å². The number of amides is 1. The lowest BCUT2D eigenvalue weighted by Crippen LogP contribution is -2.37. The minimum absolute atomic E-state index is 0.0661. The molecule has 0 spiro atoms. The molecule has 1 aliphatic rings. The van der Waals surface area contributed by atoms with Gasteiger partial charge in [0.2, 0.25) is 0 Å². The molecule has 150 valence electrons. The topological polar surface area (TPSA) is 41.6 Å². The Morgan fingerprint density at radius 2 is 1.75 bits per heavy atom. The van der Waals surface area contributed by atoms with Crippen LogP contribution in [-0.2, 0) is 17.9 Å². The van der Waals surface area contributed by atoms with E-state index in [-0.39, 0.29) is 5.91 Å². The molecule has 3 rings (SSSR count). The molecule has 28 heavy (non-hydrogen) atoms. The molecule has 0 aliphatic carbocycles. The second-order valence-electron chi connectivity index (χ2n) is 7.80. The number of ether oxygens (including phenoxy) is 1. The highest BCUT2D eigenvalue weighted by atomic mass is 16.5. The van der Waals surface area contributed by atoms with Gasteiger partial charge in [0, 0.05) is 13.1 Å². The average molecular weight is 381 g/mol. The summed E-state index contributed by atoms with van der Waals surface area (Å²) in [5.41, 5.74) is 4.69. The number of aryl methyl sites for hydroxylation is 2. The number of hydrogen-bond acceptors (Lipinski definition) is 3. The molecular formula is C24H32N2O2. The summed E-state index contributed by atoms with van der Waals surface area (Å²) in [4.78, 5) is 15.1. The number of nitrogens with one attached hydrogen (secondary N) is 1. The van der Waals surface area contributed by atoms with Gasteiger partial charge in [0.1, 0.15) is 5.75 Å². The molecule has 4 heteroatoms. The first-order chi connectivity index (χ1) is 13.5. The fraction of sp³-hybridized carbons (Fsp3) is 0.458. The van der Waals surface area contributed by atoms with E-state index >= 15 is 0 Å². The monoisotopic (exact) mass is 380 g/mol. The molecule has 0 aromatic heterocycles. The maximum Gasteiger partial charge on any atom is 0.261 e. The second kappa shape index (κ2) is 9.74. The third-order valence-electron chi connectivity index (χ3n) is 5.36. The molecule has 1 fully saturated rings. The minimum Gasteiger partial charge on any atom is -0.480 e. The summed E-state index contributed by atoms with van der Waals surface area (Å²) in [5.74, 6) is 0.711. The highest BCUT2D eigenvalue weighted by Gasteiger charge is 2.19. The van der Waals surface area contributed by atoms with Crippen LogP contribution in [0.3, 0.4) is 0 Å². The Morgan fingerprint density at radius 3 is 2.39 bits per heavy atom. The van der Waals surface area contributed by atoms with Gasteiger partial charge in [-0.1, -0.05) is 48.9 Å². The average Bonchev–Trinajstić information content (AvgIpc) is 3.20. The van der Waals surface area contributed by atoms with Crippen molar-refractivity contribution in [2.75, 3.05) is 13.1 Å². The van der Waals surface area contributed by atoms with Crippen molar-refractivity contribution in [1.82, 2.24) is 10.2 Å². The molecule has 1 aliphatic heterocycles. The first-order valence-corrected chi connectivity index (χ1v) is 10.4. The fourth-order valence-electron chi connectivity index (χ4n) is 3.67. The van der Waals surface area contributed by atoms with E-state index in [0.29, 0.717) is 13.0 Å². The molecular weight excluding hydrogens is 348 g/mol. The molecule has 1 saturated heterocycles. The van der Waals surface area contributed by atoms with E-state index < -0.39 is 6.10 Å². The molecule has 1 heterocycles. The van der Waals surface area contributed by atoms with Crippen molar-refractivity contribution in [2.45, 2.75) is 59.2 Å². The lowest BCUT2D eigenvalue weighted by Gasteiger charge is -2.19. The predicted octanol–water partition coefficient (Wildman–Crippen LogP) is 4.37. The lowest BCUT2D eigenvalue weighted by atomic mass is 10.1. The van der Waals surface area contributed by atoms with Gasteiger partial charge in [0.05, 0.1) is 0 Å². The molecule has 0 bridgehead atoms. The van der Waals surface area contributed by atoms with Gasteiger partial charge in [-0.2, -0.15) is 0 Å². The van der Waals surface area contributed by atoms with E-state index in [4.69, 9.17) is 4.74 Å². The Kier molecular flexibility index (Phi) is 7.10. The smallest absolute Gasteiger partial charge is 0.261 e. The molecule has 1 N–H and O–H groups in total. The zero-order chi connectivity index (χ0) is 19.9. The first kappa shape index (κ1) is 20.4. The summed E-state index contributed by atoms with van der Waals surface area (Å²) < 4.78 is 5.98. The first-order valence-electron chi connectivity index (χ1n) is 10.4. The molecule has 4 nitrogen and oxygen atoms in total. The maximum atomic E-state index is 12.6. The molecule has 2 aromatic rings. The predicted molar refractivity (Wildman–Crippen MR) is 113 cm³/mol. The van der Waals surface area contributed by atoms with Gasteiger partial charge in [-0.15, -0.1) is 0 Å². The number of nitrogens with zero attached hydrogens (tertiary/aromatic N) is 1. The molecule has 1 atom stereocenters. The number of likely N-dealkylation sites (tertiary alicyclic amines) is 1. The molecule has 0 unspecified atom stereocenters. The number of benzene rings is 2. The summed E-state index contributed by atoms with van der Waals surface area (Å²) in [6.45, 7) is 9.99. The summed E-state index contributed by atoms with van der Waals surface area (Å²) >= 11 is 0. The van der Waals surface area contributed by atoms with E-state index in [9.17, 15) is 4.79 Å². The van der Waals surface area contributed by atoms with Crippen LogP contribution in [0.2, 0.25) is 0 Å². The van der Waals surface area contributed by atoms with E-state index in [2.05, 4.69) is 47.5 Å². The lowest BCUT2D eigenvalue weighted by molar-refractivity contribution is -0.128. The minimum atomic E-state index is -0.476. The summed E-state index contributed by atoms with van der Waals surface area (Å²) in [5, 5.41) is 3.02. The van der Waals surface area contributed by atoms with E-state index in [1.54, 1.807) is 0 Å². The quantitative estimate of drug-likeness (QED) is 0.739. The van der Waals surface area contributed by atoms with Crippen molar-refractivity contribution in [3.8, 4) is 5.75 Å². The van der Waals surface area contributed by atoms with Crippen LogP contribution in [-0.4, -0.2) is 30.0 Å². The van der Waals surface area contributed by atoms with Gasteiger partial charge in [0.25, 0.3) is 5.91 Å². The normalized spacial score (nSPS) is 15.4. The largest absolute Gasteiger partial charge is 0.480 e. The highest BCUT2D eigenvalue weighted by Crippen LogP contribution is 2.21. The Hall–Kier alpha value is -2.33. The van der Waals surface area contributed by atoms with Crippen molar-refractivity contribution in [1.29, 1.82) is 0 Å². The van der Waals surface area contributed by atoms with Crippen molar-refractivity contribution in [3.05, 3.63) is 64.7 Å². The molecule has 1 amide bonds. The van der Waals surface area contributed by atoms with Gasteiger partial charge < -0.3 is 10.1 Å². The molecule has 0 saturated carbocycles. The number of rotatable bonds is 8. The second-order valence-corrected chi connectivity index (χ2v) is 7.80. The van der Waals surface area contributed by atoms with E-state index in [0.717, 1.165) is 23.4 Å². The van der Waals surface area contributed by atoms with Crippen LogP contribution in [0.15, 0.2) is 42.5 Å². The SMILES string of the molecule is CC[C@H](Oc1ccc(C)cc1C)C(=O)NCc1ccc(CN2CCCC2)cc1. The van der Waals surface area contributed by atoms with E-state index in [1.807, 2.05) is 26.0 Å². The van der Waals surface area contributed by atoms with Crippen LogP contribution in [0.5, 0.6) is 5.75 Å². The summed E-state index contributed by atoms with van der Waals surface area (Å²) in [6, 6.07) is 14.6. The third kappa shape index (κ3) is 5.59. The van der Waals surface area contributed by atoms with Crippen molar-refractivity contribution >= 4 is 5.91 Å². The van der Waals surface area contributed by atoms with Crippen LogP contribution in [0.4, 0.5) is 0 Å². The standard InChI is InChI=1S/C24H32N2O2/c1-4-22(28-23-12-7-18(2)15-19(23)3)24(27)25-16-20-8-10-21(11-9-20)17-26-13-5-6-14-26/h7-12,15,22H,4-6,13-14,16-17H2,1-3H3,(H,25,27)/t22-/m0/s1. The molecule has 0 radical (unpaired) electrons. The Morgan fingerprint density at radius 1 is 1.07 bits per heavy atom. The van der Waals surface area contributed by atoms with Crippen molar-refractivity contribution < 1.29 is 9.53 Å². The van der Waals surface area contributed by atoms with Gasteiger partial charge in [0.15, 0.2) is 6.10 Å². The third-order valence-corrected chi connectivity index (χ3v) is 5.36. The van der Waals surface area contributed by atoms with Crippen molar-refractivity contribution in [2.24, 2.45) is 0 Å². The van der Waals surface area contributed by atoms with Crippen LogP contribution < -0.4 is 10.1 Å². The van der Waals surface area contributed by atoms with Crippen LogP contribution in [0.1, 0.15) is 48.4 Å². The van der Waals surface area contributed by atoms with Crippen LogP contribution >= 0.6 is 0 Å². The van der Waals surface area contributed by atoms with Gasteiger partial charge in [-0.05, 0) is 69.0 Å². The Bertz CT molecular complexity index is 780. The van der Waals surface area contributed by atoms with Crippen LogP contribution in [0, 0.1) is 13.8 Å². The Labute approximate surface area is 168 Å². The van der Waals surface area contributed by atoms with E-state index in [1.165, 1.54) is 37.1 Å². The maximum absolute atomic E-state index is 12.6. The summed E-state index contributed by atoms with van der Waals surface area (Å²) in [6.07, 6.45) is 2.78. The fourth-order valence-corrected chi connectivity index (χ4v) is 3.67. The van der Waals surface area contributed by atoms with Gasteiger partial charge in [-0.3, -0.25) is 9.69 Å². The molecule has 2 aromatic carbocycles. The highest BCUT2D eigenvalue weighted by molar-refractivity contribution is 5.81. The number of hydrogen-bond donors (Lipinski definition) is 1.